The Hall–Kier alpha value is -4.09. The molecule has 35 heavy (non-hydrogen) atoms. The average Bonchev–Trinajstić information content (AvgIpc) is 2.92. The fourth-order valence-electron chi connectivity index (χ4n) is 4.29. The summed E-state index contributed by atoms with van der Waals surface area (Å²) in [4.78, 5) is 35.5. The third-order valence-corrected chi connectivity index (χ3v) is 6.86. The number of piperazine rings is 1. The molecule has 0 unspecified atom stereocenters. The summed E-state index contributed by atoms with van der Waals surface area (Å²) < 4.78 is 1.52. The number of nitriles is 1. The van der Waals surface area contributed by atoms with Gasteiger partial charge >= 0.3 is 0 Å². The molecular weight excluding hydrogens is 458 g/mol. The summed E-state index contributed by atoms with van der Waals surface area (Å²) in [6, 6.07) is 26.6. The van der Waals surface area contributed by atoms with E-state index >= 15 is 0 Å². The van der Waals surface area contributed by atoms with E-state index < -0.39 is 0 Å². The van der Waals surface area contributed by atoms with Crippen molar-refractivity contribution in [2.45, 2.75) is 5.16 Å². The lowest BCUT2D eigenvalue weighted by molar-refractivity contribution is 0.0747. The first kappa shape index (κ1) is 22.7. The molecule has 0 aliphatic carbocycles. The number of hydrogen-bond acceptors (Lipinski definition) is 6. The van der Waals surface area contributed by atoms with Gasteiger partial charge in [0.15, 0.2) is 5.16 Å². The van der Waals surface area contributed by atoms with E-state index in [1.54, 1.807) is 18.2 Å². The molecule has 1 amide bonds. The van der Waals surface area contributed by atoms with Crippen molar-refractivity contribution in [3.05, 3.63) is 94.8 Å². The molecule has 1 aliphatic heterocycles. The standard InChI is InChI=1S/C27H23N5O2S/c28-13-18-35-27-29-24-19-20(11-12-23(24)26(34)32(27)22-9-5-2-6-10-22)25(33)31-16-14-30(15-17-31)21-7-3-1-4-8-21/h1-12,19H,14-18H2. The molecule has 0 atom stereocenters. The van der Waals surface area contributed by atoms with Gasteiger partial charge < -0.3 is 9.80 Å². The summed E-state index contributed by atoms with van der Waals surface area (Å²) in [5.74, 6) is 0.0922. The molecule has 8 heteroatoms. The zero-order chi connectivity index (χ0) is 24.2. The maximum absolute atomic E-state index is 13.4. The van der Waals surface area contributed by atoms with E-state index in [9.17, 15) is 9.59 Å². The number of para-hydroxylation sites is 2. The van der Waals surface area contributed by atoms with E-state index in [1.165, 1.54) is 16.3 Å². The van der Waals surface area contributed by atoms with Crippen LogP contribution in [0.4, 0.5) is 5.69 Å². The van der Waals surface area contributed by atoms with Crippen LogP contribution in [-0.2, 0) is 0 Å². The van der Waals surface area contributed by atoms with Gasteiger partial charge in [-0.15, -0.1) is 0 Å². The molecule has 0 bridgehead atoms. The lowest BCUT2D eigenvalue weighted by atomic mass is 10.1. The minimum absolute atomic E-state index is 0.0696. The van der Waals surface area contributed by atoms with Crippen LogP contribution in [0.3, 0.4) is 0 Å². The van der Waals surface area contributed by atoms with Crippen LogP contribution in [0.2, 0.25) is 0 Å². The van der Waals surface area contributed by atoms with E-state index in [4.69, 9.17) is 5.26 Å². The first-order chi connectivity index (χ1) is 17.2. The number of benzene rings is 3. The number of rotatable bonds is 5. The van der Waals surface area contributed by atoms with E-state index in [2.05, 4.69) is 28.1 Å². The highest BCUT2D eigenvalue weighted by Crippen LogP contribution is 2.23. The van der Waals surface area contributed by atoms with Crippen LogP contribution in [0, 0.1) is 11.3 Å². The van der Waals surface area contributed by atoms with Gasteiger partial charge in [0.05, 0.1) is 28.4 Å². The Morgan fingerprint density at radius 2 is 1.57 bits per heavy atom. The first-order valence-electron chi connectivity index (χ1n) is 11.4. The lowest BCUT2D eigenvalue weighted by Gasteiger charge is -2.36. The van der Waals surface area contributed by atoms with Crippen LogP contribution in [0.5, 0.6) is 0 Å². The summed E-state index contributed by atoms with van der Waals surface area (Å²) in [5, 5.41) is 9.94. The van der Waals surface area contributed by atoms with Crippen molar-refractivity contribution >= 4 is 34.3 Å². The second-order valence-electron chi connectivity index (χ2n) is 8.16. The van der Waals surface area contributed by atoms with Crippen molar-refractivity contribution in [3.8, 4) is 11.8 Å². The normalized spacial score (nSPS) is 13.6. The Bertz CT molecular complexity index is 1460. The van der Waals surface area contributed by atoms with Crippen molar-refractivity contribution in [3.63, 3.8) is 0 Å². The van der Waals surface area contributed by atoms with Crippen molar-refractivity contribution in [2.75, 3.05) is 36.8 Å². The largest absolute Gasteiger partial charge is 0.368 e. The predicted octanol–water partition coefficient (Wildman–Crippen LogP) is 3.96. The van der Waals surface area contributed by atoms with E-state index in [0.717, 1.165) is 18.8 Å². The molecule has 0 radical (unpaired) electrons. The number of amides is 1. The van der Waals surface area contributed by atoms with Gasteiger partial charge in [0.25, 0.3) is 11.5 Å². The highest BCUT2D eigenvalue weighted by molar-refractivity contribution is 7.99. The van der Waals surface area contributed by atoms with Crippen LogP contribution in [0.25, 0.3) is 16.6 Å². The zero-order valence-electron chi connectivity index (χ0n) is 19.0. The topological polar surface area (TPSA) is 82.2 Å². The Labute approximate surface area is 207 Å². The van der Waals surface area contributed by atoms with E-state index in [1.807, 2.05) is 53.4 Å². The summed E-state index contributed by atoms with van der Waals surface area (Å²) in [6.07, 6.45) is 0. The number of aromatic nitrogens is 2. The third-order valence-electron chi connectivity index (χ3n) is 6.05. The molecule has 0 spiro atoms. The number of hydrogen-bond donors (Lipinski definition) is 0. The van der Waals surface area contributed by atoms with Gasteiger partial charge in [-0.2, -0.15) is 5.26 Å². The molecule has 5 rings (SSSR count). The first-order valence-corrected chi connectivity index (χ1v) is 12.4. The van der Waals surface area contributed by atoms with Crippen molar-refractivity contribution in [1.82, 2.24) is 14.5 Å². The third kappa shape index (κ3) is 4.63. The number of thioether (sulfide) groups is 1. The summed E-state index contributed by atoms with van der Waals surface area (Å²) in [5.41, 5.74) is 2.58. The molecule has 1 fully saturated rings. The molecule has 4 aromatic rings. The molecule has 3 aromatic carbocycles. The van der Waals surface area contributed by atoms with Crippen molar-refractivity contribution < 1.29 is 4.79 Å². The maximum Gasteiger partial charge on any atom is 0.266 e. The minimum Gasteiger partial charge on any atom is -0.368 e. The number of carbonyl (C=O) groups is 1. The number of nitrogens with zero attached hydrogens (tertiary/aromatic N) is 5. The van der Waals surface area contributed by atoms with Gasteiger partial charge in [-0.25, -0.2) is 4.98 Å². The van der Waals surface area contributed by atoms with Gasteiger partial charge in [0.2, 0.25) is 0 Å². The SMILES string of the molecule is N#CCSc1nc2cc(C(=O)N3CCN(c4ccccc4)CC3)ccc2c(=O)n1-c1ccccc1. The molecular formula is C27H23N5O2S. The Morgan fingerprint density at radius 3 is 2.23 bits per heavy atom. The average molecular weight is 482 g/mol. The second kappa shape index (κ2) is 10.0. The lowest BCUT2D eigenvalue weighted by Crippen LogP contribution is -2.48. The Kier molecular flexibility index (Phi) is 6.51. The molecule has 0 saturated carbocycles. The fraction of sp³-hybridized carbons (Fsp3) is 0.185. The van der Waals surface area contributed by atoms with Crippen molar-refractivity contribution in [2.24, 2.45) is 0 Å². The van der Waals surface area contributed by atoms with Gasteiger partial charge in [0.1, 0.15) is 0 Å². The summed E-state index contributed by atoms with van der Waals surface area (Å²) in [6.45, 7) is 2.77. The minimum atomic E-state index is -0.225. The molecule has 2 heterocycles. The quantitative estimate of drug-likeness (QED) is 0.317. The molecule has 1 aliphatic rings. The Morgan fingerprint density at radius 1 is 0.914 bits per heavy atom. The summed E-state index contributed by atoms with van der Waals surface area (Å²) >= 11 is 1.20. The number of anilines is 1. The van der Waals surface area contributed by atoms with Gasteiger partial charge in [-0.05, 0) is 42.5 Å². The molecule has 7 nitrogen and oxygen atoms in total. The van der Waals surface area contributed by atoms with Gasteiger partial charge in [0, 0.05) is 37.4 Å². The zero-order valence-corrected chi connectivity index (χ0v) is 19.8. The molecule has 174 valence electrons. The van der Waals surface area contributed by atoms with Gasteiger partial charge in [-0.3, -0.25) is 14.2 Å². The van der Waals surface area contributed by atoms with E-state index in [-0.39, 0.29) is 17.2 Å². The molecule has 0 N–H and O–H groups in total. The second-order valence-corrected chi connectivity index (χ2v) is 9.11. The molecule has 1 aromatic heterocycles. The monoisotopic (exact) mass is 481 g/mol. The maximum atomic E-state index is 13.4. The van der Waals surface area contributed by atoms with Crippen LogP contribution in [0.15, 0.2) is 88.8 Å². The van der Waals surface area contributed by atoms with Crippen molar-refractivity contribution in [1.29, 1.82) is 5.26 Å². The van der Waals surface area contributed by atoms with Crippen LogP contribution >= 0.6 is 11.8 Å². The van der Waals surface area contributed by atoms with Crippen LogP contribution in [0.1, 0.15) is 10.4 Å². The predicted molar refractivity (Wildman–Crippen MR) is 138 cm³/mol. The van der Waals surface area contributed by atoms with Crippen LogP contribution in [-0.4, -0.2) is 52.3 Å². The number of fused-ring (bicyclic) bond motifs is 1. The smallest absolute Gasteiger partial charge is 0.266 e. The number of carbonyl (C=O) groups excluding carboxylic acids is 1. The fourth-order valence-corrected chi connectivity index (χ4v) is 4.96. The highest BCUT2D eigenvalue weighted by atomic mass is 32.2. The molecule has 1 saturated heterocycles. The van der Waals surface area contributed by atoms with Crippen LogP contribution < -0.4 is 10.5 Å². The summed E-state index contributed by atoms with van der Waals surface area (Å²) in [7, 11) is 0. The van der Waals surface area contributed by atoms with Gasteiger partial charge in [-0.1, -0.05) is 48.2 Å². The highest BCUT2D eigenvalue weighted by Gasteiger charge is 2.23. The Balaban J connectivity index is 1.44. The van der Waals surface area contributed by atoms with E-state index in [0.29, 0.717) is 40.4 Å².